The maximum atomic E-state index is 12.7. The minimum atomic E-state index is 0.252. The fourth-order valence-electron chi connectivity index (χ4n) is 3.33. The van der Waals surface area contributed by atoms with Gasteiger partial charge in [-0.3, -0.25) is 4.79 Å². The summed E-state index contributed by atoms with van der Waals surface area (Å²) in [7, 11) is 0. The topological polar surface area (TPSA) is 25.2 Å². The maximum Gasteiger partial charge on any atom is 0.255 e. The summed E-state index contributed by atoms with van der Waals surface area (Å²) in [5.74, 6) is 0.252. The monoisotopic (exact) mass is 260 g/mol. The van der Waals surface area contributed by atoms with E-state index in [9.17, 15) is 4.79 Å². The number of amides is 1. The van der Waals surface area contributed by atoms with Crippen LogP contribution in [0.2, 0.25) is 0 Å². The average Bonchev–Trinajstić information content (AvgIpc) is 3.19. The van der Waals surface area contributed by atoms with Crippen LogP contribution in [-0.2, 0) is 0 Å². The maximum absolute atomic E-state index is 12.7. The van der Waals surface area contributed by atoms with Gasteiger partial charge in [0.05, 0.1) is 5.56 Å². The van der Waals surface area contributed by atoms with Gasteiger partial charge in [-0.15, -0.1) is 0 Å². The van der Waals surface area contributed by atoms with E-state index in [0.29, 0.717) is 6.04 Å². The molecule has 2 aliphatic rings. The first-order valence-corrected chi connectivity index (χ1v) is 7.66. The van der Waals surface area contributed by atoms with E-state index in [1.165, 1.54) is 37.1 Å². The number of nitrogens with zero attached hydrogens (tertiary/aromatic N) is 2. The molecule has 1 aromatic heterocycles. The van der Waals surface area contributed by atoms with Crippen LogP contribution in [0.25, 0.3) is 0 Å². The highest BCUT2D eigenvalue weighted by molar-refractivity contribution is 5.95. The summed E-state index contributed by atoms with van der Waals surface area (Å²) < 4.78 is 2.37. The van der Waals surface area contributed by atoms with Crippen molar-refractivity contribution >= 4 is 5.91 Å². The van der Waals surface area contributed by atoms with Crippen LogP contribution in [-0.4, -0.2) is 28.5 Å². The largest absolute Gasteiger partial charge is 0.345 e. The molecule has 2 fully saturated rings. The van der Waals surface area contributed by atoms with Crippen molar-refractivity contribution in [2.45, 2.75) is 58.4 Å². The van der Waals surface area contributed by atoms with Crippen molar-refractivity contribution in [2.24, 2.45) is 0 Å². The fraction of sp³-hybridized carbons (Fsp3) is 0.688. The number of likely N-dealkylation sites (tertiary alicyclic amines) is 1. The Bertz CT molecular complexity index is 477. The molecule has 1 aromatic rings. The zero-order chi connectivity index (χ0) is 13.4. The summed E-state index contributed by atoms with van der Waals surface area (Å²) in [6.45, 7) is 6.11. The van der Waals surface area contributed by atoms with Gasteiger partial charge in [0, 0.05) is 30.5 Å². The third-order valence-electron chi connectivity index (χ3n) is 4.52. The highest BCUT2D eigenvalue weighted by atomic mass is 16.2. The van der Waals surface area contributed by atoms with Crippen molar-refractivity contribution in [3.8, 4) is 0 Å². The summed E-state index contributed by atoms with van der Waals surface area (Å²) in [6.07, 6.45) is 7.40. The van der Waals surface area contributed by atoms with E-state index in [1.807, 2.05) is 0 Å². The Morgan fingerprint density at radius 2 is 1.74 bits per heavy atom. The molecule has 3 nitrogen and oxygen atoms in total. The van der Waals surface area contributed by atoms with Crippen LogP contribution in [0.3, 0.4) is 0 Å². The van der Waals surface area contributed by atoms with E-state index in [4.69, 9.17) is 0 Å². The lowest BCUT2D eigenvalue weighted by atomic mass is 10.2. The van der Waals surface area contributed by atoms with Gasteiger partial charge in [-0.05, 0) is 45.6 Å². The fourth-order valence-corrected chi connectivity index (χ4v) is 3.33. The standard InChI is InChI=1S/C16H24N2O/c1-12-11-15(13(2)18(12)14-7-8-14)16(19)17-9-5-3-4-6-10-17/h11,14H,3-10H2,1-2H3. The molecule has 19 heavy (non-hydrogen) atoms. The minimum Gasteiger partial charge on any atom is -0.345 e. The number of carbonyl (C=O) groups is 1. The Morgan fingerprint density at radius 1 is 1.11 bits per heavy atom. The average molecular weight is 260 g/mol. The van der Waals surface area contributed by atoms with Crippen LogP contribution in [0.15, 0.2) is 6.07 Å². The van der Waals surface area contributed by atoms with Crippen LogP contribution >= 0.6 is 0 Å². The van der Waals surface area contributed by atoms with Crippen molar-refractivity contribution in [3.05, 3.63) is 23.0 Å². The molecule has 0 bridgehead atoms. The van der Waals surface area contributed by atoms with Crippen LogP contribution < -0.4 is 0 Å². The molecule has 104 valence electrons. The lowest BCUT2D eigenvalue weighted by Gasteiger charge is -2.20. The first-order chi connectivity index (χ1) is 9.18. The SMILES string of the molecule is Cc1cc(C(=O)N2CCCCCC2)c(C)n1C1CC1. The van der Waals surface area contributed by atoms with Crippen LogP contribution in [0.5, 0.6) is 0 Å². The molecule has 0 atom stereocenters. The Kier molecular flexibility index (Phi) is 3.38. The number of carbonyl (C=O) groups excluding carboxylic acids is 1. The highest BCUT2D eigenvalue weighted by Gasteiger charge is 2.29. The molecular weight excluding hydrogens is 236 g/mol. The minimum absolute atomic E-state index is 0.252. The second-order valence-corrected chi connectivity index (χ2v) is 6.09. The molecule has 2 heterocycles. The van der Waals surface area contributed by atoms with Gasteiger partial charge in [-0.1, -0.05) is 12.8 Å². The normalized spacial score (nSPS) is 20.4. The zero-order valence-electron chi connectivity index (χ0n) is 12.1. The summed E-state index contributed by atoms with van der Waals surface area (Å²) >= 11 is 0. The third kappa shape index (κ3) is 2.43. The van der Waals surface area contributed by atoms with Gasteiger partial charge >= 0.3 is 0 Å². The van der Waals surface area contributed by atoms with E-state index in [-0.39, 0.29) is 5.91 Å². The number of aromatic nitrogens is 1. The second-order valence-electron chi connectivity index (χ2n) is 6.09. The molecule has 1 aliphatic heterocycles. The highest BCUT2D eigenvalue weighted by Crippen LogP contribution is 2.38. The molecule has 1 amide bonds. The summed E-state index contributed by atoms with van der Waals surface area (Å²) in [4.78, 5) is 14.8. The van der Waals surface area contributed by atoms with Crippen molar-refractivity contribution in [1.29, 1.82) is 0 Å². The number of hydrogen-bond donors (Lipinski definition) is 0. The molecule has 3 rings (SSSR count). The van der Waals surface area contributed by atoms with Crippen LogP contribution in [0.1, 0.15) is 66.3 Å². The van der Waals surface area contributed by atoms with Gasteiger partial charge in [0.1, 0.15) is 0 Å². The van der Waals surface area contributed by atoms with Crippen molar-refractivity contribution in [3.63, 3.8) is 0 Å². The molecule has 0 radical (unpaired) electrons. The van der Waals surface area contributed by atoms with Gasteiger partial charge in [0.15, 0.2) is 0 Å². The Morgan fingerprint density at radius 3 is 2.32 bits per heavy atom. The Hall–Kier alpha value is -1.25. The van der Waals surface area contributed by atoms with Gasteiger partial charge in [-0.25, -0.2) is 0 Å². The van der Waals surface area contributed by atoms with Gasteiger partial charge in [0.2, 0.25) is 0 Å². The van der Waals surface area contributed by atoms with Crippen LogP contribution in [0, 0.1) is 13.8 Å². The van der Waals surface area contributed by atoms with E-state index in [0.717, 1.165) is 31.5 Å². The van der Waals surface area contributed by atoms with Gasteiger partial charge in [-0.2, -0.15) is 0 Å². The first-order valence-electron chi connectivity index (χ1n) is 7.66. The predicted octanol–water partition coefficient (Wildman–Crippen LogP) is 3.46. The van der Waals surface area contributed by atoms with E-state index < -0.39 is 0 Å². The predicted molar refractivity (Wildman–Crippen MR) is 76.5 cm³/mol. The molecule has 0 unspecified atom stereocenters. The molecular formula is C16H24N2O. The van der Waals surface area contributed by atoms with E-state index in [2.05, 4.69) is 29.4 Å². The molecule has 1 saturated heterocycles. The molecule has 0 N–H and O–H groups in total. The second kappa shape index (κ2) is 5.03. The lowest BCUT2D eigenvalue weighted by molar-refractivity contribution is 0.0761. The van der Waals surface area contributed by atoms with Gasteiger partial charge in [0.25, 0.3) is 5.91 Å². The quantitative estimate of drug-likeness (QED) is 0.799. The number of hydrogen-bond acceptors (Lipinski definition) is 1. The lowest BCUT2D eigenvalue weighted by Crippen LogP contribution is -2.32. The summed E-state index contributed by atoms with van der Waals surface area (Å²) in [5.41, 5.74) is 3.36. The van der Waals surface area contributed by atoms with Gasteiger partial charge < -0.3 is 9.47 Å². The summed E-state index contributed by atoms with van der Waals surface area (Å²) in [5, 5.41) is 0. The molecule has 1 saturated carbocycles. The van der Waals surface area contributed by atoms with Crippen molar-refractivity contribution in [1.82, 2.24) is 9.47 Å². The Labute approximate surface area is 115 Å². The molecule has 1 aliphatic carbocycles. The zero-order valence-corrected chi connectivity index (χ0v) is 12.1. The van der Waals surface area contributed by atoms with Crippen molar-refractivity contribution < 1.29 is 4.79 Å². The van der Waals surface area contributed by atoms with E-state index in [1.54, 1.807) is 0 Å². The van der Waals surface area contributed by atoms with Crippen molar-refractivity contribution in [2.75, 3.05) is 13.1 Å². The van der Waals surface area contributed by atoms with E-state index >= 15 is 0 Å². The molecule has 3 heteroatoms. The summed E-state index contributed by atoms with van der Waals surface area (Å²) in [6, 6.07) is 2.76. The molecule has 0 aromatic carbocycles. The Balaban J connectivity index is 1.84. The number of rotatable bonds is 2. The third-order valence-corrected chi connectivity index (χ3v) is 4.52. The number of aryl methyl sites for hydroxylation is 1. The smallest absolute Gasteiger partial charge is 0.255 e. The first kappa shape index (κ1) is 12.8. The van der Waals surface area contributed by atoms with Crippen LogP contribution in [0.4, 0.5) is 0 Å². The molecule has 0 spiro atoms.